The lowest BCUT2D eigenvalue weighted by Crippen LogP contribution is -2.05. The second kappa shape index (κ2) is 8.22. The molecule has 154 valence electrons. The molecule has 0 atom stereocenters. The van der Waals surface area contributed by atoms with Crippen molar-refractivity contribution in [3.05, 3.63) is 59.5 Å². The van der Waals surface area contributed by atoms with Crippen LogP contribution in [0.25, 0.3) is 10.9 Å². The van der Waals surface area contributed by atoms with Crippen LogP contribution in [-0.2, 0) is 11.2 Å². The second-order valence-electron chi connectivity index (χ2n) is 7.44. The number of pyridine rings is 1. The first kappa shape index (κ1) is 20.0. The van der Waals surface area contributed by atoms with Crippen LogP contribution in [0.1, 0.15) is 42.1 Å². The van der Waals surface area contributed by atoms with E-state index in [1.54, 1.807) is 37.4 Å². The first-order valence-corrected chi connectivity index (χ1v) is 9.99. The highest BCUT2D eigenvalue weighted by Gasteiger charge is 2.29. The summed E-state index contributed by atoms with van der Waals surface area (Å²) in [5.74, 6) is 0.586. The Balaban J connectivity index is 1.64. The van der Waals surface area contributed by atoms with Crippen molar-refractivity contribution in [1.82, 2.24) is 4.98 Å². The molecule has 0 aliphatic heterocycles. The van der Waals surface area contributed by atoms with Crippen molar-refractivity contribution < 1.29 is 23.5 Å². The first-order valence-electron chi connectivity index (χ1n) is 9.99. The third-order valence-electron chi connectivity index (χ3n) is 5.27. The second-order valence-corrected chi connectivity index (χ2v) is 7.44. The summed E-state index contributed by atoms with van der Waals surface area (Å²) in [7, 11) is 1.49. The molecule has 0 unspecified atom stereocenters. The predicted octanol–water partition coefficient (Wildman–Crippen LogP) is 5.29. The number of carbonyl (C=O) groups excluding carboxylic acids is 2. The molecule has 3 aromatic rings. The van der Waals surface area contributed by atoms with Crippen LogP contribution in [0.15, 0.2) is 42.6 Å². The molecule has 1 saturated carbocycles. The van der Waals surface area contributed by atoms with Crippen LogP contribution in [-0.4, -0.2) is 23.7 Å². The minimum absolute atomic E-state index is 0.0516. The zero-order valence-electron chi connectivity index (χ0n) is 16.9. The van der Waals surface area contributed by atoms with Crippen LogP contribution in [0.3, 0.4) is 0 Å². The number of rotatable bonds is 8. The number of hydrogen-bond acceptors (Lipinski definition) is 5. The standard InChI is InChI=1S/C24H22FNO4/c1-3-20(27)17-12-19-16(13-24(17)29-2)22(8-9-26-19)30-23-7-4-14(10-18(23)25)11-21(28)15-5-6-15/h4,7-10,12-13,15H,3,5-6,11H2,1-2H3. The summed E-state index contributed by atoms with van der Waals surface area (Å²) >= 11 is 0. The number of halogens is 1. The molecule has 0 bridgehead atoms. The third-order valence-corrected chi connectivity index (χ3v) is 5.27. The van der Waals surface area contributed by atoms with Crippen LogP contribution >= 0.6 is 0 Å². The molecule has 30 heavy (non-hydrogen) atoms. The van der Waals surface area contributed by atoms with E-state index in [0.717, 1.165) is 12.8 Å². The lowest BCUT2D eigenvalue weighted by Gasteiger charge is -2.13. The van der Waals surface area contributed by atoms with Crippen molar-refractivity contribution in [2.75, 3.05) is 7.11 Å². The molecule has 1 fully saturated rings. The molecule has 4 rings (SSSR count). The van der Waals surface area contributed by atoms with E-state index in [1.165, 1.54) is 19.2 Å². The molecule has 1 heterocycles. The van der Waals surface area contributed by atoms with Crippen molar-refractivity contribution in [3.63, 3.8) is 0 Å². The molecule has 0 N–H and O–H groups in total. The lowest BCUT2D eigenvalue weighted by molar-refractivity contribution is -0.119. The number of benzene rings is 2. The van der Waals surface area contributed by atoms with Gasteiger partial charge in [0.25, 0.3) is 0 Å². The largest absolute Gasteiger partial charge is 0.496 e. The number of ketones is 2. The van der Waals surface area contributed by atoms with E-state index in [4.69, 9.17) is 9.47 Å². The van der Waals surface area contributed by atoms with Gasteiger partial charge in [-0.2, -0.15) is 0 Å². The summed E-state index contributed by atoms with van der Waals surface area (Å²) in [4.78, 5) is 28.5. The normalized spacial score (nSPS) is 13.3. The van der Waals surface area contributed by atoms with Crippen LogP contribution in [0.2, 0.25) is 0 Å². The highest BCUT2D eigenvalue weighted by molar-refractivity contribution is 6.03. The Kier molecular flexibility index (Phi) is 5.48. The van der Waals surface area contributed by atoms with Gasteiger partial charge >= 0.3 is 0 Å². The SMILES string of the molecule is CCC(=O)c1cc2nccc(Oc3ccc(CC(=O)C4CC4)cc3F)c2cc1OC. The van der Waals surface area contributed by atoms with Gasteiger partial charge in [-0.05, 0) is 48.7 Å². The number of ether oxygens (including phenoxy) is 2. The summed E-state index contributed by atoms with van der Waals surface area (Å²) in [5, 5.41) is 0.606. The van der Waals surface area contributed by atoms with Gasteiger partial charge in [-0.3, -0.25) is 14.6 Å². The van der Waals surface area contributed by atoms with Crippen molar-refractivity contribution in [3.8, 4) is 17.2 Å². The molecule has 0 amide bonds. The number of Topliss-reactive ketones (excluding diaryl/α,β-unsaturated/α-hetero) is 2. The number of carbonyl (C=O) groups is 2. The van der Waals surface area contributed by atoms with Crippen molar-refractivity contribution in [2.24, 2.45) is 5.92 Å². The Bertz CT molecular complexity index is 1140. The molecule has 0 radical (unpaired) electrons. The van der Waals surface area contributed by atoms with Crippen molar-refractivity contribution in [1.29, 1.82) is 0 Å². The monoisotopic (exact) mass is 407 g/mol. The average molecular weight is 407 g/mol. The first-order chi connectivity index (χ1) is 14.5. The molecule has 1 aliphatic carbocycles. The highest BCUT2D eigenvalue weighted by atomic mass is 19.1. The van der Waals surface area contributed by atoms with Crippen LogP contribution in [0.4, 0.5) is 4.39 Å². The number of aromatic nitrogens is 1. The maximum Gasteiger partial charge on any atom is 0.166 e. The van der Waals surface area contributed by atoms with Crippen LogP contribution < -0.4 is 9.47 Å². The van der Waals surface area contributed by atoms with Crippen molar-refractivity contribution >= 4 is 22.5 Å². The topological polar surface area (TPSA) is 65.5 Å². The van der Waals surface area contributed by atoms with Gasteiger partial charge in [0.15, 0.2) is 17.3 Å². The molecule has 0 saturated heterocycles. The summed E-state index contributed by atoms with van der Waals surface area (Å²) in [5.41, 5.74) is 1.64. The fourth-order valence-corrected chi connectivity index (χ4v) is 3.42. The van der Waals surface area contributed by atoms with Gasteiger partial charge in [0.1, 0.15) is 17.3 Å². The zero-order valence-corrected chi connectivity index (χ0v) is 16.9. The fraction of sp³-hybridized carbons (Fsp3) is 0.292. The van der Waals surface area contributed by atoms with Gasteiger partial charge in [0.2, 0.25) is 0 Å². The quantitative estimate of drug-likeness (QED) is 0.475. The maximum absolute atomic E-state index is 14.6. The van der Waals surface area contributed by atoms with Crippen molar-refractivity contribution in [2.45, 2.75) is 32.6 Å². The van der Waals surface area contributed by atoms with Gasteiger partial charge in [-0.15, -0.1) is 0 Å². The Morgan fingerprint density at radius 3 is 2.57 bits per heavy atom. The van der Waals surface area contributed by atoms with E-state index in [-0.39, 0.29) is 29.7 Å². The molecule has 0 spiro atoms. The number of hydrogen-bond donors (Lipinski definition) is 0. The molecular weight excluding hydrogens is 385 g/mol. The average Bonchev–Trinajstić information content (AvgIpc) is 3.60. The number of nitrogens with zero attached hydrogens (tertiary/aromatic N) is 1. The van der Waals surface area contributed by atoms with E-state index in [0.29, 0.717) is 39.9 Å². The van der Waals surface area contributed by atoms with Gasteiger partial charge < -0.3 is 9.47 Å². The van der Waals surface area contributed by atoms with E-state index in [1.807, 2.05) is 0 Å². The maximum atomic E-state index is 14.6. The van der Waals surface area contributed by atoms with Gasteiger partial charge in [-0.25, -0.2) is 4.39 Å². The highest BCUT2D eigenvalue weighted by Crippen LogP contribution is 2.35. The summed E-state index contributed by atoms with van der Waals surface area (Å²) in [6.07, 6.45) is 4.01. The van der Waals surface area contributed by atoms with Crippen LogP contribution in [0.5, 0.6) is 17.2 Å². The zero-order chi connectivity index (χ0) is 21.3. The Labute approximate surface area is 173 Å². The molecule has 6 heteroatoms. The predicted molar refractivity (Wildman–Crippen MR) is 111 cm³/mol. The number of fused-ring (bicyclic) bond motifs is 1. The molecule has 1 aliphatic rings. The van der Waals surface area contributed by atoms with Gasteiger partial charge in [0, 0.05) is 30.3 Å². The van der Waals surface area contributed by atoms with E-state index < -0.39 is 5.82 Å². The third kappa shape index (κ3) is 4.03. The Hall–Kier alpha value is -3.28. The fourth-order valence-electron chi connectivity index (χ4n) is 3.42. The Morgan fingerprint density at radius 2 is 1.90 bits per heavy atom. The van der Waals surface area contributed by atoms with E-state index in [2.05, 4.69) is 4.98 Å². The minimum Gasteiger partial charge on any atom is -0.496 e. The molecular formula is C24H22FNO4. The number of methoxy groups -OCH3 is 1. The lowest BCUT2D eigenvalue weighted by atomic mass is 10.0. The molecule has 2 aromatic carbocycles. The summed E-state index contributed by atoms with van der Waals surface area (Å²) in [6, 6.07) is 9.56. The minimum atomic E-state index is -0.536. The Morgan fingerprint density at radius 1 is 1.10 bits per heavy atom. The van der Waals surface area contributed by atoms with Gasteiger partial charge in [-0.1, -0.05) is 13.0 Å². The smallest absolute Gasteiger partial charge is 0.166 e. The molecule has 5 nitrogen and oxygen atoms in total. The summed E-state index contributed by atoms with van der Waals surface area (Å²) < 4.78 is 25.8. The van der Waals surface area contributed by atoms with Crippen LogP contribution in [0, 0.1) is 11.7 Å². The van der Waals surface area contributed by atoms with E-state index in [9.17, 15) is 14.0 Å². The van der Waals surface area contributed by atoms with E-state index >= 15 is 0 Å². The van der Waals surface area contributed by atoms with Gasteiger partial charge in [0.05, 0.1) is 18.2 Å². The molecule has 1 aromatic heterocycles. The summed E-state index contributed by atoms with van der Waals surface area (Å²) in [6.45, 7) is 1.78.